The first-order valence-electron chi connectivity index (χ1n) is 6.69. The molecule has 0 saturated carbocycles. The lowest BCUT2D eigenvalue weighted by Crippen LogP contribution is -2.06. The number of hydrogen-bond donors (Lipinski definition) is 2. The predicted molar refractivity (Wildman–Crippen MR) is 86.4 cm³/mol. The highest BCUT2D eigenvalue weighted by Crippen LogP contribution is 2.35. The summed E-state index contributed by atoms with van der Waals surface area (Å²) < 4.78 is 40.8. The molecule has 0 spiro atoms. The maximum Gasteiger partial charge on any atom is 0.250 e. The number of H-pyrrole nitrogens is 2. The van der Waals surface area contributed by atoms with Crippen LogP contribution in [0, 0.1) is 17.5 Å². The number of rotatable bonds is 2. The van der Waals surface area contributed by atoms with Gasteiger partial charge >= 0.3 is 0 Å². The van der Waals surface area contributed by atoms with Gasteiger partial charge < -0.3 is 4.98 Å². The van der Waals surface area contributed by atoms with Crippen molar-refractivity contribution in [3.63, 3.8) is 0 Å². The second-order valence-corrected chi connectivity index (χ2v) is 5.10. The Bertz CT molecular complexity index is 1080. The standard InChI is InChI=1S/C16H8F3N3O.ClH/c17-10-6-12(19)11(18)4-8(10)9-5-13(23)20-16-14(9)15(21-22-16)7-2-1-3-7;/h1-6H,(H2,20,21,22,23);1H. The van der Waals surface area contributed by atoms with Gasteiger partial charge in [0.1, 0.15) is 5.82 Å². The molecule has 2 N–H and O–H groups in total. The molecule has 2 aromatic heterocycles. The lowest BCUT2D eigenvalue weighted by Gasteiger charge is -2.09. The Morgan fingerprint density at radius 2 is 1.67 bits per heavy atom. The van der Waals surface area contributed by atoms with E-state index in [4.69, 9.17) is 0 Å². The average Bonchev–Trinajstić information content (AvgIpc) is 2.84. The van der Waals surface area contributed by atoms with Crippen molar-refractivity contribution in [3.05, 3.63) is 69.9 Å². The molecule has 1 aromatic carbocycles. The maximum absolute atomic E-state index is 14.1. The van der Waals surface area contributed by atoms with E-state index in [0.717, 1.165) is 17.7 Å². The minimum atomic E-state index is -1.29. The molecule has 0 atom stereocenters. The van der Waals surface area contributed by atoms with Crippen molar-refractivity contribution in [2.45, 2.75) is 0 Å². The molecule has 1 aliphatic rings. The van der Waals surface area contributed by atoms with Crippen LogP contribution in [0.4, 0.5) is 13.2 Å². The Labute approximate surface area is 139 Å². The molecule has 24 heavy (non-hydrogen) atoms. The number of nitrogens with one attached hydrogen (secondary N) is 2. The van der Waals surface area contributed by atoms with Gasteiger partial charge in [0.25, 0.3) is 0 Å². The van der Waals surface area contributed by atoms with E-state index in [9.17, 15) is 18.0 Å². The summed E-state index contributed by atoms with van der Waals surface area (Å²) in [5, 5.41) is 7.20. The molecule has 1 aliphatic carbocycles. The Balaban J connectivity index is 0.00000169. The van der Waals surface area contributed by atoms with E-state index in [1.807, 2.05) is 18.2 Å². The van der Waals surface area contributed by atoms with Crippen LogP contribution in [0.15, 0.2) is 41.2 Å². The van der Waals surface area contributed by atoms with Gasteiger partial charge in [0.2, 0.25) is 5.56 Å². The SMILES string of the molecule is Cl.O=c1cc(-c2cc(F)c(F)cc2F)c2c(C3=CC=C3)[nH]nc2[nH]1. The van der Waals surface area contributed by atoms with E-state index in [0.29, 0.717) is 17.1 Å². The quantitative estimate of drug-likeness (QED) is 0.691. The fourth-order valence-electron chi connectivity index (χ4n) is 2.56. The van der Waals surface area contributed by atoms with Gasteiger partial charge in [-0.3, -0.25) is 9.89 Å². The molecule has 4 nitrogen and oxygen atoms in total. The van der Waals surface area contributed by atoms with Gasteiger partial charge in [-0.15, -0.1) is 12.4 Å². The van der Waals surface area contributed by atoms with Crippen LogP contribution in [0.3, 0.4) is 0 Å². The molecule has 0 radical (unpaired) electrons. The molecule has 0 aliphatic heterocycles. The molecule has 2 heterocycles. The van der Waals surface area contributed by atoms with E-state index in [1.54, 1.807) is 0 Å². The molecule has 8 heteroatoms. The van der Waals surface area contributed by atoms with E-state index in [1.165, 1.54) is 0 Å². The number of nitrogens with zero attached hydrogens (tertiary/aromatic N) is 1. The zero-order chi connectivity index (χ0) is 16.1. The summed E-state index contributed by atoms with van der Waals surface area (Å²) in [5.74, 6) is -3.44. The molecule has 0 saturated heterocycles. The summed E-state index contributed by atoms with van der Waals surface area (Å²) in [6.45, 7) is 0. The zero-order valence-electron chi connectivity index (χ0n) is 11.9. The van der Waals surface area contributed by atoms with Crippen LogP contribution in [0.2, 0.25) is 0 Å². The Hall–Kier alpha value is -2.80. The molecule has 122 valence electrons. The maximum atomic E-state index is 14.1. The van der Waals surface area contributed by atoms with Gasteiger partial charge in [-0.25, -0.2) is 13.2 Å². The summed E-state index contributed by atoms with van der Waals surface area (Å²) in [7, 11) is 0. The number of benzene rings is 1. The van der Waals surface area contributed by atoms with Gasteiger partial charge in [0.05, 0.1) is 11.1 Å². The van der Waals surface area contributed by atoms with Crippen LogP contribution in [-0.2, 0) is 0 Å². The van der Waals surface area contributed by atoms with Gasteiger partial charge in [-0.2, -0.15) is 5.10 Å². The number of hydrogen-bond acceptors (Lipinski definition) is 2. The molecule has 3 aromatic rings. The van der Waals surface area contributed by atoms with Crippen molar-refractivity contribution in [2.24, 2.45) is 0 Å². The molecule has 0 unspecified atom stereocenters. The second-order valence-electron chi connectivity index (χ2n) is 5.10. The third-order valence-electron chi connectivity index (χ3n) is 3.69. The highest BCUT2D eigenvalue weighted by Gasteiger charge is 2.20. The Morgan fingerprint density at radius 3 is 2.33 bits per heavy atom. The number of aromatic nitrogens is 3. The first kappa shape index (κ1) is 16.1. The summed E-state index contributed by atoms with van der Waals surface area (Å²) in [6, 6.07) is 2.33. The predicted octanol–water partition coefficient (Wildman–Crippen LogP) is 3.71. The summed E-state index contributed by atoms with van der Waals surface area (Å²) >= 11 is 0. The Morgan fingerprint density at radius 1 is 0.958 bits per heavy atom. The average molecular weight is 352 g/mol. The van der Waals surface area contributed by atoms with Crippen LogP contribution in [0.1, 0.15) is 5.69 Å². The highest BCUT2D eigenvalue weighted by atomic mass is 35.5. The smallest absolute Gasteiger partial charge is 0.250 e. The number of fused-ring (bicyclic) bond motifs is 1. The van der Waals surface area contributed by atoms with Gasteiger partial charge in [0, 0.05) is 28.8 Å². The normalized spacial score (nSPS) is 12.7. The summed E-state index contributed by atoms with van der Waals surface area (Å²) in [5.41, 5.74) is 1.01. The van der Waals surface area contributed by atoms with Crippen molar-refractivity contribution in [2.75, 3.05) is 0 Å². The molecule has 0 amide bonds. The number of allylic oxidation sites excluding steroid dienone is 4. The fourth-order valence-corrected chi connectivity index (χ4v) is 2.56. The van der Waals surface area contributed by atoms with E-state index in [2.05, 4.69) is 15.2 Å². The van der Waals surface area contributed by atoms with E-state index in [-0.39, 0.29) is 29.2 Å². The molecule has 0 bridgehead atoms. The third-order valence-corrected chi connectivity index (χ3v) is 3.69. The fraction of sp³-hybridized carbons (Fsp3) is 0. The molecular formula is C16H9ClF3N3O. The highest BCUT2D eigenvalue weighted by molar-refractivity contribution is 6.02. The molecule has 0 fully saturated rings. The van der Waals surface area contributed by atoms with Gasteiger partial charge in [0.15, 0.2) is 17.3 Å². The molecule has 4 rings (SSSR count). The van der Waals surface area contributed by atoms with E-state index < -0.39 is 23.0 Å². The minimum absolute atomic E-state index is 0. The van der Waals surface area contributed by atoms with Crippen molar-refractivity contribution in [1.29, 1.82) is 0 Å². The topological polar surface area (TPSA) is 61.5 Å². The largest absolute Gasteiger partial charge is 0.305 e. The lowest BCUT2D eigenvalue weighted by molar-refractivity contribution is 0.496. The first-order chi connectivity index (χ1) is 11.0. The minimum Gasteiger partial charge on any atom is -0.305 e. The lowest BCUT2D eigenvalue weighted by atomic mass is 9.96. The van der Waals surface area contributed by atoms with Crippen LogP contribution in [-0.4, -0.2) is 15.2 Å². The van der Waals surface area contributed by atoms with Crippen molar-refractivity contribution < 1.29 is 13.2 Å². The van der Waals surface area contributed by atoms with Crippen LogP contribution >= 0.6 is 12.4 Å². The zero-order valence-corrected chi connectivity index (χ0v) is 12.7. The van der Waals surface area contributed by atoms with Crippen molar-refractivity contribution in [3.8, 4) is 11.1 Å². The van der Waals surface area contributed by atoms with Gasteiger partial charge in [-0.1, -0.05) is 18.2 Å². The van der Waals surface area contributed by atoms with Crippen LogP contribution < -0.4 is 5.56 Å². The summed E-state index contributed by atoms with van der Waals surface area (Å²) in [6.07, 6.45) is 5.43. The number of pyridine rings is 1. The van der Waals surface area contributed by atoms with Crippen LogP contribution in [0.25, 0.3) is 27.7 Å². The van der Waals surface area contributed by atoms with Crippen molar-refractivity contribution >= 4 is 29.0 Å². The van der Waals surface area contributed by atoms with E-state index >= 15 is 0 Å². The van der Waals surface area contributed by atoms with Crippen molar-refractivity contribution in [1.82, 2.24) is 15.2 Å². The third kappa shape index (κ3) is 2.33. The summed E-state index contributed by atoms with van der Waals surface area (Å²) in [4.78, 5) is 14.3. The first-order valence-corrected chi connectivity index (χ1v) is 6.69. The second kappa shape index (κ2) is 5.68. The molecular weight excluding hydrogens is 343 g/mol. The monoisotopic (exact) mass is 351 g/mol. The number of aromatic amines is 2. The Kier molecular flexibility index (Phi) is 3.81. The van der Waals surface area contributed by atoms with Gasteiger partial charge in [-0.05, 0) is 6.07 Å². The number of halogens is 4. The van der Waals surface area contributed by atoms with Crippen LogP contribution in [0.5, 0.6) is 0 Å².